The van der Waals surface area contributed by atoms with Crippen molar-refractivity contribution in [1.82, 2.24) is 10.2 Å². The van der Waals surface area contributed by atoms with Gasteiger partial charge in [-0.05, 0) is 18.8 Å². The fourth-order valence-corrected chi connectivity index (χ4v) is 1.98. The van der Waals surface area contributed by atoms with Gasteiger partial charge in [-0.15, -0.1) is 18.2 Å². The van der Waals surface area contributed by atoms with Crippen molar-refractivity contribution in [2.45, 2.75) is 12.8 Å². The molecule has 100 valence electrons. The van der Waals surface area contributed by atoms with Crippen LogP contribution < -0.4 is 5.32 Å². The van der Waals surface area contributed by atoms with Crippen LogP contribution in [0.25, 0.3) is 0 Å². The minimum Gasteiger partial charge on any atom is -0.480 e. The second kappa shape index (κ2) is 7.88. The lowest BCUT2D eigenvalue weighted by Gasteiger charge is -2.20. The Labute approximate surface area is 111 Å². The van der Waals surface area contributed by atoms with Crippen LogP contribution in [-0.4, -0.2) is 53.1 Å². The molecule has 0 radical (unpaired) electrons. The number of carbonyl (C=O) groups excluding carboxylic acids is 1. The van der Waals surface area contributed by atoms with Gasteiger partial charge in [-0.1, -0.05) is 5.92 Å². The zero-order chi connectivity index (χ0) is 13.4. The fourth-order valence-electron chi connectivity index (χ4n) is 1.47. The number of urea groups is 1. The third-order valence-electron chi connectivity index (χ3n) is 2.50. The van der Waals surface area contributed by atoms with E-state index in [0.717, 1.165) is 18.6 Å². The summed E-state index contributed by atoms with van der Waals surface area (Å²) in [5.74, 6) is 3.36. The van der Waals surface area contributed by atoms with E-state index in [1.807, 2.05) is 0 Å². The molecule has 0 bridgehead atoms. The minimum atomic E-state index is -0.979. The van der Waals surface area contributed by atoms with E-state index >= 15 is 0 Å². The lowest BCUT2D eigenvalue weighted by atomic mass is 10.3. The van der Waals surface area contributed by atoms with Crippen LogP contribution in [0.3, 0.4) is 0 Å². The van der Waals surface area contributed by atoms with Gasteiger partial charge in [-0.2, -0.15) is 0 Å². The molecule has 1 rings (SSSR count). The van der Waals surface area contributed by atoms with Gasteiger partial charge in [-0.3, -0.25) is 4.79 Å². The average molecular weight is 270 g/mol. The number of nitrogens with zero attached hydrogens (tertiary/aromatic N) is 1. The minimum absolute atomic E-state index is 0.236. The molecule has 2 amide bonds. The predicted molar refractivity (Wildman–Crippen MR) is 71.5 cm³/mol. The highest BCUT2D eigenvalue weighted by Gasteiger charge is 2.27. The molecule has 1 saturated carbocycles. The summed E-state index contributed by atoms with van der Waals surface area (Å²) in [7, 11) is 0. The number of nitrogens with one attached hydrogen (secondary N) is 1. The third kappa shape index (κ3) is 6.40. The average Bonchev–Trinajstić information content (AvgIpc) is 3.11. The van der Waals surface area contributed by atoms with E-state index in [1.54, 1.807) is 11.8 Å². The Balaban J connectivity index is 2.24. The van der Waals surface area contributed by atoms with E-state index in [4.69, 9.17) is 11.5 Å². The quantitative estimate of drug-likeness (QED) is 0.507. The molecule has 0 spiro atoms. The molecular weight excluding hydrogens is 252 g/mol. The molecule has 1 aliphatic rings. The molecule has 0 heterocycles. The molecule has 18 heavy (non-hydrogen) atoms. The summed E-state index contributed by atoms with van der Waals surface area (Å²) in [4.78, 5) is 23.8. The number of hydrogen-bond donors (Lipinski definition) is 2. The Morgan fingerprint density at radius 3 is 2.78 bits per heavy atom. The van der Waals surface area contributed by atoms with Crippen molar-refractivity contribution in [3.8, 4) is 12.3 Å². The molecule has 0 aromatic heterocycles. The molecule has 0 unspecified atom stereocenters. The number of carboxylic acid groups (broad SMARTS) is 1. The molecule has 0 aromatic carbocycles. The van der Waals surface area contributed by atoms with E-state index in [0.29, 0.717) is 24.8 Å². The molecule has 1 fully saturated rings. The zero-order valence-electron chi connectivity index (χ0n) is 10.2. The second-order valence-electron chi connectivity index (χ2n) is 4.21. The van der Waals surface area contributed by atoms with Crippen LogP contribution in [-0.2, 0) is 4.79 Å². The summed E-state index contributed by atoms with van der Waals surface area (Å²) in [6, 6.07) is -0.300. The topological polar surface area (TPSA) is 69.6 Å². The van der Waals surface area contributed by atoms with Crippen molar-refractivity contribution < 1.29 is 14.7 Å². The van der Waals surface area contributed by atoms with E-state index in [-0.39, 0.29) is 12.6 Å². The number of amides is 2. The van der Waals surface area contributed by atoms with Crippen molar-refractivity contribution in [3.05, 3.63) is 0 Å². The maximum Gasteiger partial charge on any atom is 0.323 e. The number of carbonyl (C=O) groups is 2. The number of carboxylic acids is 1. The molecule has 2 N–H and O–H groups in total. The standard InChI is InChI=1S/C12H18N2O3S/c1-2-6-18-7-5-13-12(17)14(9-11(15)16)8-10-3-4-10/h1,10H,3-9H2,(H,13,17)(H,15,16). The number of aliphatic carboxylic acids is 1. The Kier molecular flexibility index (Phi) is 6.44. The molecule has 0 atom stereocenters. The van der Waals surface area contributed by atoms with Gasteiger partial charge in [0.2, 0.25) is 0 Å². The van der Waals surface area contributed by atoms with E-state index in [2.05, 4.69) is 11.2 Å². The van der Waals surface area contributed by atoms with Gasteiger partial charge in [-0.25, -0.2) is 4.79 Å². The van der Waals surface area contributed by atoms with E-state index in [1.165, 1.54) is 4.90 Å². The van der Waals surface area contributed by atoms with Crippen LogP contribution >= 0.6 is 11.8 Å². The Bertz CT molecular complexity index is 337. The second-order valence-corrected chi connectivity index (χ2v) is 5.31. The Morgan fingerprint density at radius 2 is 2.22 bits per heavy atom. The predicted octanol–water partition coefficient (Wildman–Crippen LogP) is 0.859. The maximum atomic E-state index is 11.8. The summed E-state index contributed by atoms with van der Waals surface area (Å²) in [5.41, 5.74) is 0. The van der Waals surface area contributed by atoms with Crippen LogP contribution in [0.15, 0.2) is 0 Å². The first-order valence-electron chi connectivity index (χ1n) is 5.89. The summed E-state index contributed by atoms with van der Waals surface area (Å²) in [6.45, 7) is 0.807. The highest BCUT2D eigenvalue weighted by Crippen LogP contribution is 2.29. The van der Waals surface area contributed by atoms with E-state index in [9.17, 15) is 9.59 Å². The molecular formula is C12H18N2O3S. The van der Waals surface area contributed by atoms with Crippen LogP contribution in [0.2, 0.25) is 0 Å². The number of rotatable bonds is 8. The van der Waals surface area contributed by atoms with Crippen molar-refractivity contribution in [2.75, 3.05) is 31.1 Å². The first-order valence-corrected chi connectivity index (χ1v) is 7.04. The zero-order valence-corrected chi connectivity index (χ0v) is 11.0. The lowest BCUT2D eigenvalue weighted by molar-refractivity contribution is -0.137. The van der Waals surface area contributed by atoms with Gasteiger partial charge >= 0.3 is 12.0 Å². The summed E-state index contributed by atoms with van der Waals surface area (Å²) < 4.78 is 0. The van der Waals surface area contributed by atoms with Gasteiger partial charge in [0.05, 0.1) is 5.75 Å². The lowest BCUT2D eigenvalue weighted by Crippen LogP contribution is -2.44. The van der Waals surface area contributed by atoms with Crippen LogP contribution in [0, 0.1) is 18.3 Å². The van der Waals surface area contributed by atoms with Gasteiger partial charge in [0.1, 0.15) is 6.54 Å². The Hall–Kier alpha value is -1.35. The van der Waals surface area contributed by atoms with Crippen molar-refractivity contribution in [3.63, 3.8) is 0 Å². The number of thioether (sulfide) groups is 1. The van der Waals surface area contributed by atoms with Gasteiger partial charge in [0, 0.05) is 18.8 Å². The summed E-state index contributed by atoms with van der Waals surface area (Å²) in [5, 5.41) is 11.5. The van der Waals surface area contributed by atoms with Crippen molar-refractivity contribution in [2.24, 2.45) is 5.92 Å². The fraction of sp³-hybridized carbons (Fsp3) is 0.667. The first kappa shape index (κ1) is 14.7. The Morgan fingerprint density at radius 1 is 1.50 bits per heavy atom. The number of hydrogen-bond acceptors (Lipinski definition) is 3. The summed E-state index contributed by atoms with van der Waals surface area (Å²) >= 11 is 1.56. The normalized spacial score (nSPS) is 13.7. The third-order valence-corrected chi connectivity index (χ3v) is 3.36. The molecule has 5 nitrogen and oxygen atoms in total. The highest BCUT2D eigenvalue weighted by molar-refractivity contribution is 7.99. The molecule has 0 aromatic rings. The smallest absolute Gasteiger partial charge is 0.323 e. The molecule has 6 heteroatoms. The highest BCUT2D eigenvalue weighted by atomic mass is 32.2. The number of terminal acetylenes is 1. The van der Waals surface area contributed by atoms with Gasteiger partial charge in [0.25, 0.3) is 0 Å². The van der Waals surface area contributed by atoms with E-state index < -0.39 is 5.97 Å². The SMILES string of the molecule is C#CCSCCNC(=O)N(CC(=O)O)CC1CC1. The van der Waals surface area contributed by atoms with Gasteiger partial charge < -0.3 is 15.3 Å². The molecule has 1 aliphatic carbocycles. The molecule has 0 saturated heterocycles. The monoisotopic (exact) mass is 270 g/mol. The van der Waals surface area contributed by atoms with Crippen molar-refractivity contribution >= 4 is 23.8 Å². The molecule has 0 aliphatic heterocycles. The first-order chi connectivity index (χ1) is 8.63. The van der Waals surface area contributed by atoms with Crippen LogP contribution in [0.5, 0.6) is 0 Å². The van der Waals surface area contributed by atoms with Crippen LogP contribution in [0.4, 0.5) is 4.79 Å². The largest absolute Gasteiger partial charge is 0.480 e. The van der Waals surface area contributed by atoms with Crippen LogP contribution in [0.1, 0.15) is 12.8 Å². The summed E-state index contributed by atoms with van der Waals surface area (Å²) in [6.07, 6.45) is 7.27. The van der Waals surface area contributed by atoms with Crippen molar-refractivity contribution in [1.29, 1.82) is 0 Å². The maximum absolute atomic E-state index is 11.8. The van der Waals surface area contributed by atoms with Gasteiger partial charge in [0.15, 0.2) is 0 Å².